The Balaban J connectivity index is 2.12. The van der Waals surface area contributed by atoms with Gasteiger partial charge in [-0.15, -0.1) is 0 Å². The molecule has 7 atom stereocenters. The van der Waals surface area contributed by atoms with Gasteiger partial charge in [-0.1, -0.05) is 212 Å². The molecule has 0 radical (unpaired) electrons. The molecule has 67 heavy (non-hydrogen) atoms. The maximum atomic E-state index is 13.0. The number of unbranched alkanes of at least 4 members (excludes halogenated alkanes) is 32. The number of hydrogen-bond donors (Lipinski definition) is 6. The molecular formula is C56H105NO10. The molecule has 1 rings (SSSR count). The Hall–Kier alpha value is -1.86. The van der Waals surface area contributed by atoms with Gasteiger partial charge in [0.2, 0.25) is 5.91 Å². The summed E-state index contributed by atoms with van der Waals surface area (Å²) in [6.07, 6.45) is 44.0. The lowest BCUT2D eigenvalue weighted by Gasteiger charge is -2.40. The van der Waals surface area contributed by atoms with Crippen molar-refractivity contribution < 1.29 is 49.3 Å². The highest BCUT2D eigenvalue weighted by molar-refractivity contribution is 5.76. The van der Waals surface area contributed by atoms with Crippen molar-refractivity contribution in [1.82, 2.24) is 5.32 Å². The van der Waals surface area contributed by atoms with Crippen LogP contribution in [0.1, 0.15) is 258 Å². The number of carbonyl (C=O) groups is 2. The SMILES string of the molecule is CCCCCCCCCCC/C=C/C(O)C(COC1OC(CO)C(O)C(O)C1O)NC(=O)CCCCCCCCC/C=C\CCCCCCCCOC(=O)CCCCCCCCCCCCC. The quantitative estimate of drug-likeness (QED) is 0.0196. The molecule has 11 heteroatoms. The number of aliphatic hydroxyl groups is 5. The minimum absolute atomic E-state index is 0.0191. The molecule has 1 saturated heterocycles. The number of esters is 1. The van der Waals surface area contributed by atoms with Crippen LogP contribution in [0.2, 0.25) is 0 Å². The third kappa shape index (κ3) is 36.7. The standard InChI is InChI=1S/C56H105NO10/c1-3-5-7-9-11-13-22-26-30-34-38-42-49(59)48(47-66-56-55(64)54(63)53(62)50(46-58)67-56)57-51(60)43-39-35-31-27-24-20-18-16-15-17-19-21-25-29-33-37-41-45-65-52(61)44-40-36-32-28-23-14-12-10-8-6-4-2/h15,17,38,42,48-50,53-56,58-59,62-64H,3-14,16,18-37,39-41,43-47H2,1-2H3,(H,57,60)/b17-15-,42-38+. The van der Waals surface area contributed by atoms with Gasteiger partial charge in [-0.3, -0.25) is 9.59 Å². The third-order valence-corrected chi connectivity index (χ3v) is 13.3. The molecular weight excluding hydrogens is 847 g/mol. The largest absolute Gasteiger partial charge is 0.466 e. The van der Waals surface area contributed by atoms with Crippen LogP contribution in [-0.2, 0) is 23.8 Å². The monoisotopic (exact) mass is 952 g/mol. The Bertz CT molecular complexity index is 1170. The fraction of sp³-hybridized carbons (Fsp3) is 0.893. The van der Waals surface area contributed by atoms with Gasteiger partial charge >= 0.3 is 5.97 Å². The van der Waals surface area contributed by atoms with Gasteiger partial charge < -0.3 is 45.1 Å². The molecule has 0 aromatic heterocycles. The highest BCUT2D eigenvalue weighted by Gasteiger charge is 2.44. The molecule has 0 aromatic carbocycles. The number of carbonyl (C=O) groups excluding carboxylic acids is 2. The van der Waals surface area contributed by atoms with Crippen LogP contribution in [0.5, 0.6) is 0 Å². The summed E-state index contributed by atoms with van der Waals surface area (Å²) in [5.41, 5.74) is 0. The van der Waals surface area contributed by atoms with Gasteiger partial charge in [0, 0.05) is 12.8 Å². The van der Waals surface area contributed by atoms with Gasteiger partial charge in [-0.2, -0.15) is 0 Å². The molecule has 0 spiro atoms. The Kier molecular flexibility index (Phi) is 43.8. The fourth-order valence-electron chi connectivity index (χ4n) is 8.78. The van der Waals surface area contributed by atoms with Crippen molar-refractivity contribution in [3.63, 3.8) is 0 Å². The number of ether oxygens (including phenoxy) is 3. The fourth-order valence-corrected chi connectivity index (χ4v) is 8.78. The second-order valence-corrected chi connectivity index (χ2v) is 19.6. The molecule has 0 saturated carbocycles. The average molecular weight is 952 g/mol. The van der Waals surface area contributed by atoms with Crippen LogP contribution in [-0.4, -0.2) is 100 Å². The molecule has 0 bridgehead atoms. The van der Waals surface area contributed by atoms with Gasteiger partial charge in [0.15, 0.2) is 6.29 Å². The summed E-state index contributed by atoms with van der Waals surface area (Å²) < 4.78 is 16.7. The van der Waals surface area contributed by atoms with Crippen LogP contribution < -0.4 is 5.32 Å². The summed E-state index contributed by atoms with van der Waals surface area (Å²) in [5, 5.41) is 54.2. The zero-order valence-electron chi connectivity index (χ0n) is 43.1. The lowest BCUT2D eigenvalue weighted by atomic mass is 9.99. The van der Waals surface area contributed by atoms with E-state index in [1.165, 1.54) is 148 Å². The molecule has 1 heterocycles. The van der Waals surface area contributed by atoms with E-state index >= 15 is 0 Å². The number of nitrogens with one attached hydrogen (secondary N) is 1. The molecule has 7 unspecified atom stereocenters. The van der Waals surface area contributed by atoms with E-state index in [1.807, 2.05) is 6.08 Å². The minimum Gasteiger partial charge on any atom is -0.466 e. The van der Waals surface area contributed by atoms with E-state index in [-0.39, 0.29) is 18.5 Å². The number of rotatable bonds is 48. The summed E-state index contributed by atoms with van der Waals surface area (Å²) in [6, 6.07) is -0.817. The summed E-state index contributed by atoms with van der Waals surface area (Å²) in [6.45, 7) is 4.30. The molecule has 1 aliphatic heterocycles. The summed E-state index contributed by atoms with van der Waals surface area (Å²) >= 11 is 0. The maximum absolute atomic E-state index is 13.0. The van der Waals surface area contributed by atoms with Crippen molar-refractivity contribution in [3.8, 4) is 0 Å². The zero-order valence-corrected chi connectivity index (χ0v) is 43.1. The number of aliphatic hydroxyl groups excluding tert-OH is 5. The Morgan fingerprint density at radius 1 is 0.537 bits per heavy atom. The lowest BCUT2D eigenvalue weighted by Crippen LogP contribution is -2.60. The second kappa shape index (κ2) is 46.5. The van der Waals surface area contributed by atoms with Gasteiger partial charge in [0.25, 0.3) is 0 Å². The first-order valence-electron chi connectivity index (χ1n) is 28.1. The molecule has 0 aliphatic carbocycles. The van der Waals surface area contributed by atoms with Crippen LogP contribution in [0.25, 0.3) is 0 Å². The van der Waals surface area contributed by atoms with E-state index in [0.717, 1.165) is 83.5 Å². The van der Waals surface area contributed by atoms with Gasteiger partial charge in [-0.25, -0.2) is 0 Å². The summed E-state index contributed by atoms with van der Waals surface area (Å²) in [4.78, 5) is 25.0. The smallest absolute Gasteiger partial charge is 0.305 e. The normalized spacial score (nSPS) is 19.7. The van der Waals surface area contributed by atoms with Crippen LogP contribution in [0, 0.1) is 0 Å². The maximum Gasteiger partial charge on any atom is 0.305 e. The first-order chi connectivity index (χ1) is 32.7. The average Bonchev–Trinajstić information content (AvgIpc) is 3.32. The predicted molar refractivity (Wildman–Crippen MR) is 274 cm³/mol. The van der Waals surface area contributed by atoms with Crippen LogP contribution in [0.3, 0.4) is 0 Å². The van der Waals surface area contributed by atoms with Gasteiger partial charge in [-0.05, 0) is 57.8 Å². The molecule has 1 aliphatic rings. The van der Waals surface area contributed by atoms with Crippen molar-refractivity contribution in [2.45, 2.75) is 301 Å². The summed E-state index contributed by atoms with van der Waals surface area (Å²) in [7, 11) is 0. The Morgan fingerprint density at radius 3 is 1.43 bits per heavy atom. The molecule has 11 nitrogen and oxygen atoms in total. The van der Waals surface area contributed by atoms with E-state index in [4.69, 9.17) is 14.2 Å². The highest BCUT2D eigenvalue weighted by atomic mass is 16.7. The van der Waals surface area contributed by atoms with Crippen LogP contribution in [0.4, 0.5) is 0 Å². The van der Waals surface area contributed by atoms with E-state index < -0.39 is 49.5 Å². The van der Waals surface area contributed by atoms with Crippen LogP contribution in [0.15, 0.2) is 24.3 Å². The van der Waals surface area contributed by atoms with Gasteiger partial charge in [0.1, 0.15) is 24.4 Å². The second-order valence-electron chi connectivity index (χ2n) is 19.6. The zero-order chi connectivity index (χ0) is 48.8. The molecule has 394 valence electrons. The van der Waals surface area contributed by atoms with Gasteiger partial charge in [0.05, 0.1) is 32.0 Å². The Morgan fingerprint density at radius 2 is 0.955 bits per heavy atom. The topological polar surface area (TPSA) is 175 Å². The van der Waals surface area contributed by atoms with Crippen LogP contribution >= 0.6 is 0 Å². The van der Waals surface area contributed by atoms with Crippen molar-refractivity contribution in [1.29, 1.82) is 0 Å². The summed E-state index contributed by atoms with van der Waals surface area (Å²) in [5.74, 6) is -0.214. The number of allylic oxidation sites excluding steroid dienone is 3. The van der Waals surface area contributed by atoms with E-state index in [9.17, 15) is 35.1 Å². The highest BCUT2D eigenvalue weighted by Crippen LogP contribution is 2.23. The first-order valence-corrected chi connectivity index (χ1v) is 28.1. The molecule has 0 aromatic rings. The number of hydrogen-bond acceptors (Lipinski definition) is 10. The lowest BCUT2D eigenvalue weighted by molar-refractivity contribution is -0.302. The molecule has 6 N–H and O–H groups in total. The van der Waals surface area contributed by atoms with E-state index in [1.54, 1.807) is 6.08 Å². The van der Waals surface area contributed by atoms with Crippen molar-refractivity contribution in [2.75, 3.05) is 19.8 Å². The van der Waals surface area contributed by atoms with Crippen molar-refractivity contribution in [2.24, 2.45) is 0 Å². The van der Waals surface area contributed by atoms with E-state index in [2.05, 4.69) is 31.3 Å². The Labute approximate surface area is 410 Å². The predicted octanol–water partition coefficient (Wildman–Crippen LogP) is 12.2. The third-order valence-electron chi connectivity index (χ3n) is 13.3. The minimum atomic E-state index is -1.57. The number of amides is 1. The van der Waals surface area contributed by atoms with Crippen molar-refractivity contribution >= 4 is 11.9 Å². The molecule has 1 amide bonds. The van der Waals surface area contributed by atoms with E-state index in [0.29, 0.717) is 19.4 Å². The molecule has 1 fully saturated rings. The first kappa shape index (κ1) is 63.2. The van der Waals surface area contributed by atoms with Crippen molar-refractivity contribution in [3.05, 3.63) is 24.3 Å².